The number of nitrogens with two attached hydrogens (primary N) is 1. The maximum atomic E-state index is 11.9. The first-order chi connectivity index (χ1) is 7.24. The minimum Gasteiger partial charge on any atom is -0.366 e. The highest BCUT2D eigenvalue weighted by Gasteiger charge is 1.98. The van der Waals surface area contributed by atoms with Crippen LogP contribution in [0.3, 0.4) is 0 Å². The van der Waals surface area contributed by atoms with E-state index >= 15 is 0 Å². The zero-order valence-electron chi connectivity index (χ0n) is 8.55. The summed E-state index contributed by atoms with van der Waals surface area (Å²) in [5.74, 6) is -0.490. The van der Waals surface area contributed by atoms with Crippen molar-refractivity contribution >= 4 is 16.0 Å². The lowest BCUT2D eigenvalue weighted by atomic mass is 10.1. The molecule has 0 fully saturated rings. The third-order valence-corrected chi connectivity index (χ3v) is 1.39. The van der Waals surface area contributed by atoms with E-state index in [-0.39, 0.29) is 0 Å². The standard InChI is InChI=1S/C8H8FNO.CH4O3S/c9-5-6-1-3-7(4-2-6)8(10)11;1-5(2,3)4/h1-4H,5H2,(H2,10,11);1H3,(H,2,3,4). The molecule has 0 aromatic heterocycles. The smallest absolute Gasteiger partial charge is 0.261 e. The second-order valence-corrected chi connectivity index (χ2v) is 4.39. The Hall–Kier alpha value is -1.47. The number of alkyl halides is 1. The first-order valence-corrected chi connectivity index (χ1v) is 5.96. The van der Waals surface area contributed by atoms with Gasteiger partial charge in [-0.15, -0.1) is 0 Å². The second-order valence-electron chi connectivity index (χ2n) is 2.93. The molecule has 1 aromatic carbocycles. The van der Waals surface area contributed by atoms with Crippen molar-refractivity contribution in [3.63, 3.8) is 0 Å². The zero-order valence-corrected chi connectivity index (χ0v) is 9.37. The minimum absolute atomic E-state index is 0.405. The van der Waals surface area contributed by atoms with Crippen molar-refractivity contribution in [2.45, 2.75) is 6.67 Å². The molecule has 0 aliphatic carbocycles. The van der Waals surface area contributed by atoms with Gasteiger partial charge in [-0.2, -0.15) is 8.42 Å². The van der Waals surface area contributed by atoms with Gasteiger partial charge in [0.1, 0.15) is 6.67 Å². The molecule has 3 N–H and O–H groups in total. The topological polar surface area (TPSA) is 97.5 Å². The fraction of sp³-hybridized carbons (Fsp3) is 0.222. The Labute approximate surface area is 92.8 Å². The van der Waals surface area contributed by atoms with Crippen molar-refractivity contribution in [3.8, 4) is 0 Å². The Bertz CT molecular complexity index is 433. The van der Waals surface area contributed by atoms with Crippen LogP contribution >= 0.6 is 0 Å². The molecule has 1 rings (SSSR count). The molecule has 0 aliphatic rings. The monoisotopic (exact) mass is 249 g/mol. The SMILES string of the molecule is CS(=O)(=O)O.NC(=O)c1ccc(CF)cc1. The molecule has 0 saturated heterocycles. The molecule has 0 atom stereocenters. The number of primary amides is 1. The highest BCUT2D eigenvalue weighted by Crippen LogP contribution is 2.04. The molecular weight excluding hydrogens is 237 g/mol. The number of hydrogen-bond acceptors (Lipinski definition) is 3. The molecule has 7 heteroatoms. The zero-order chi connectivity index (χ0) is 12.8. The first-order valence-electron chi connectivity index (χ1n) is 4.11. The Balaban J connectivity index is 0.000000385. The summed E-state index contributed by atoms with van der Waals surface area (Å²) in [7, 11) is -3.67. The van der Waals surface area contributed by atoms with Gasteiger partial charge in [0.05, 0.1) is 6.26 Å². The Morgan fingerprint density at radius 2 is 1.75 bits per heavy atom. The number of amides is 1. The summed E-state index contributed by atoms with van der Waals surface area (Å²) >= 11 is 0. The second kappa shape index (κ2) is 6.19. The molecule has 0 aliphatic heterocycles. The molecular formula is C9H12FNO4S. The number of rotatable bonds is 2. The molecule has 16 heavy (non-hydrogen) atoms. The van der Waals surface area contributed by atoms with E-state index in [0.29, 0.717) is 17.4 Å². The van der Waals surface area contributed by atoms with Gasteiger partial charge in [0.25, 0.3) is 10.1 Å². The molecule has 0 unspecified atom stereocenters. The predicted octanol–water partition coefficient (Wildman–Crippen LogP) is 0.759. The summed E-state index contributed by atoms with van der Waals surface area (Å²) in [6.45, 7) is -0.515. The van der Waals surface area contributed by atoms with Crippen molar-refractivity contribution in [2.75, 3.05) is 6.26 Å². The van der Waals surface area contributed by atoms with Crippen LogP contribution in [-0.4, -0.2) is 25.1 Å². The molecule has 0 heterocycles. The van der Waals surface area contributed by atoms with Gasteiger partial charge in [0.15, 0.2) is 0 Å². The van der Waals surface area contributed by atoms with E-state index in [1.165, 1.54) is 12.1 Å². The van der Waals surface area contributed by atoms with E-state index in [1.54, 1.807) is 12.1 Å². The Morgan fingerprint density at radius 1 is 1.38 bits per heavy atom. The Kier molecular flexibility index (Phi) is 5.62. The maximum absolute atomic E-state index is 11.9. The lowest BCUT2D eigenvalue weighted by molar-refractivity contribution is 0.1000. The fourth-order valence-corrected chi connectivity index (χ4v) is 0.758. The average Bonchev–Trinajstić information content (AvgIpc) is 2.15. The molecule has 0 spiro atoms. The van der Waals surface area contributed by atoms with E-state index in [2.05, 4.69) is 0 Å². The highest BCUT2D eigenvalue weighted by atomic mass is 32.2. The molecule has 5 nitrogen and oxygen atoms in total. The van der Waals surface area contributed by atoms with Crippen LogP contribution in [0.4, 0.5) is 4.39 Å². The normalized spacial score (nSPS) is 10.2. The van der Waals surface area contributed by atoms with Crippen LogP contribution in [0.2, 0.25) is 0 Å². The third kappa shape index (κ3) is 7.89. The van der Waals surface area contributed by atoms with Crippen LogP contribution in [-0.2, 0) is 16.8 Å². The predicted molar refractivity (Wildman–Crippen MR) is 57.2 cm³/mol. The van der Waals surface area contributed by atoms with E-state index in [4.69, 9.17) is 10.3 Å². The van der Waals surface area contributed by atoms with Gasteiger partial charge >= 0.3 is 0 Å². The summed E-state index contributed by atoms with van der Waals surface area (Å²) in [6.07, 6.45) is 0.715. The van der Waals surface area contributed by atoms with Crippen molar-refractivity contribution in [1.29, 1.82) is 0 Å². The van der Waals surface area contributed by atoms with Crippen molar-refractivity contribution in [2.24, 2.45) is 5.73 Å². The van der Waals surface area contributed by atoms with Crippen LogP contribution in [0.5, 0.6) is 0 Å². The number of carbonyl (C=O) groups is 1. The number of benzene rings is 1. The lowest BCUT2D eigenvalue weighted by Gasteiger charge is -1.95. The van der Waals surface area contributed by atoms with Crippen LogP contribution in [0.25, 0.3) is 0 Å². The molecule has 90 valence electrons. The minimum atomic E-state index is -3.67. The third-order valence-electron chi connectivity index (χ3n) is 1.39. The van der Waals surface area contributed by atoms with Crippen LogP contribution in [0.15, 0.2) is 24.3 Å². The number of hydrogen-bond donors (Lipinski definition) is 2. The number of halogens is 1. The summed E-state index contributed by atoms with van der Waals surface area (Å²) in [4.78, 5) is 10.5. The summed E-state index contributed by atoms with van der Waals surface area (Å²) in [5, 5.41) is 0. The van der Waals surface area contributed by atoms with Gasteiger partial charge in [0.2, 0.25) is 5.91 Å². The fourth-order valence-electron chi connectivity index (χ4n) is 0.758. The van der Waals surface area contributed by atoms with Gasteiger partial charge in [-0.05, 0) is 17.7 Å². The van der Waals surface area contributed by atoms with Crippen molar-refractivity contribution < 1.29 is 22.2 Å². The molecule has 1 aromatic rings. The van der Waals surface area contributed by atoms with Gasteiger partial charge in [0, 0.05) is 5.56 Å². The van der Waals surface area contributed by atoms with Gasteiger partial charge < -0.3 is 5.73 Å². The lowest BCUT2D eigenvalue weighted by Crippen LogP contribution is -2.10. The van der Waals surface area contributed by atoms with Crippen molar-refractivity contribution in [3.05, 3.63) is 35.4 Å². The molecule has 0 radical (unpaired) electrons. The molecule has 0 bridgehead atoms. The van der Waals surface area contributed by atoms with E-state index in [1.807, 2.05) is 0 Å². The quantitative estimate of drug-likeness (QED) is 0.756. The maximum Gasteiger partial charge on any atom is 0.261 e. The average molecular weight is 249 g/mol. The van der Waals surface area contributed by atoms with E-state index in [9.17, 15) is 17.6 Å². The van der Waals surface area contributed by atoms with Gasteiger partial charge in [-0.25, -0.2) is 4.39 Å². The van der Waals surface area contributed by atoms with Gasteiger partial charge in [-0.3, -0.25) is 9.35 Å². The largest absolute Gasteiger partial charge is 0.366 e. The van der Waals surface area contributed by atoms with E-state index < -0.39 is 22.7 Å². The molecule has 1 amide bonds. The van der Waals surface area contributed by atoms with Gasteiger partial charge in [-0.1, -0.05) is 12.1 Å². The molecule has 0 saturated carbocycles. The summed E-state index contributed by atoms with van der Waals surface area (Å²) in [6, 6.07) is 6.11. The summed E-state index contributed by atoms with van der Waals surface area (Å²) in [5.41, 5.74) is 5.93. The van der Waals surface area contributed by atoms with Crippen LogP contribution in [0, 0.1) is 0 Å². The Morgan fingerprint density at radius 3 is 2.00 bits per heavy atom. The first kappa shape index (κ1) is 14.5. The van der Waals surface area contributed by atoms with Crippen molar-refractivity contribution in [1.82, 2.24) is 0 Å². The van der Waals surface area contributed by atoms with Crippen LogP contribution in [0.1, 0.15) is 15.9 Å². The number of carbonyl (C=O) groups excluding carboxylic acids is 1. The summed E-state index contributed by atoms with van der Waals surface area (Å²) < 4.78 is 37.8. The highest BCUT2D eigenvalue weighted by molar-refractivity contribution is 7.85. The van der Waals surface area contributed by atoms with E-state index in [0.717, 1.165) is 0 Å². The van der Waals surface area contributed by atoms with Crippen LogP contribution < -0.4 is 5.73 Å².